The van der Waals surface area contributed by atoms with Gasteiger partial charge in [0.25, 0.3) is 0 Å². The Morgan fingerprint density at radius 1 is 1.18 bits per heavy atom. The van der Waals surface area contributed by atoms with Crippen molar-refractivity contribution in [1.82, 2.24) is 15.6 Å². The number of fused-ring (bicyclic) bond motifs is 2. The van der Waals surface area contributed by atoms with Crippen LogP contribution >= 0.6 is 24.0 Å². The summed E-state index contributed by atoms with van der Waals surface area (Å²) >= 11 is 0. The first-order chi connectivity index (χ1) is 13.3. The summed E-state index contributed by atoms with van der Waals surface area (Å²) in [5.41, 5.74) is 3.77. The minimum Gasteiger partial charge on any atom is -0.493 e. The fourth-order valence-electron chi connectivity index (χ4n) is 3.68. The van der Waals surface area contributed by atoms with Crippen LogP contribution in [0.4, 0.5) is 0 Å². The average molecular weight is 490 g/mol. The van der Waals surface area contributed by atoms with E-state index in [4.69, 9.17) is 4.74 Å². The summed E-state index contributed by atoms with van der Waals surface area (Å²) in [7, 11) is 1.82. The quantitative estimate of drug-likeness (QED) is 0.215. The fraction of sp³-hybridized carbons (Fsp3) is 0.318. The summed E-state index contributed by atoms with van der Waals surface area (Å²) in [6.45, 7) is 1.61. The minimum atomic E-state index is 0. The number of nitrogens with zero attached hydrogens (tertiary/aromatic N) is 1. The van der Waals surface area contributed by atoms with Crippen molar-refractivity contribution in [3.05, 3.63) is 65.9 Å². The largest absolute Gasteiger partial charge is 0.493 e. The smallest absolute Gasteiger partial charge is 0.191 e. The third-order valence-electron chi connectivity index (χ3n) is 5.08. The number of benzene rings is 2. The SMILES string of the molecule is CN=C(NCCCc1c[nH]c2ccccc12)NC1CCOc2ccccc21.I. The average Bonchev–Trinajstić information content (AvgIpc) is 3.13. The number of halogens is 1. The molecule has 2 heterocycles. The van der Waals surface area contributed by atoms with Gasteiger partial charge in [0.05, 0.1) is 12.6 Å². The molecule has 0 amide bonds. The van der Waals surface area contributed by atoms with Crippen molar-refractivity contribution in [2.45, 2.75) is 25.3 Å². The zero-order valence-electron chi connectivity index (χ0n) is 16.1. The number of aromatic nitrogens is 1. The molecule has 1 aliphatic rings. The van der Waals surface area contributed by atoms with Gasteiger partial charge in [-0.25, -0.2) is 0 Å². The maximum Gasteiger partial charge on any atom is 0.191 e. The highest BCUT2D eigenvalue weighted by Gasteiger charge is 2.21. The van der Waals surface area contributed by atoms with Crippen LogP contribution in [0, 0.1) is 0 Å². The van der Waals surface area contributed by atoms with Crippen LogP contribution in [0.2, 0.25) is 0 Å². The number of nitrogens with one attached hydrogen (secondary N) is 3. The van der Waals surface area contributed by atoms with Crippen molar-refractivity contribution in [3.63, 3.8) is 0 Å². The second-order valence-electron chi connectivity index (χ2n) is 6.83. The topological polar surface area (TPSA) is 61.4 Å². The Labute approximate surface area is 183 Å². The highest BCUT2D eigenvalue weighted by molar-refractivity contribution is 14.0. The number of hydrogen-bond donors (Lipinski definition) is 3. The van der Waals surface area contributed by atoms with Gasteiger partial charge in [-0.15, -0.1) is 24.0 Å². The third kappa shape index (κ3) is 4.60. The van der Waals surface area contributed by atoms with Crippen LogP contribution in [0.5, 0.6) is 5.75 Å². The molecular formula is C22H27IN4O. The molecule has 0 aliphatic carbocycles. The molecule has 3 N–H and O–H groups in total. The van der Waals surface area contributed by atoms with E-state index in [0.29, 0.717) is 0 Å². The molecule has 4 rings (SSSR count). The van der Waals surface area contributed by atoms with Gasteiger partial charge < -0.3 is 20.4 Å². The lowest BCUT2D eigenvalue weighted by Crippen LogP contribution is -2.41. The monoisotopic (exact) mass is 490 g/mol. The van der Waals surface area contributed by atoms with Gasteiger partial charge in [0.2, 0.25) is 0 Å². The molecule has 28 heavy (non-hydrogen) atoms. The van der Waals surface area contributed by atoms with E-state index in [-0.39, 0.29) is 30.0 Å². The Hall–Kier alpha value is -2.22. The number of para-hydroxylation sites is 2. The summed E-state index contributed by atoms with van der Waals surface area (Å²) < 4.78 is 5.74. The molecule has 1 atom stereocenters. The van der Waals surface area contributed by atoms with Crippen molar-refractivity contribution >= 4 is 40.8 Å². The number of aliphatic imine (C=N–C) groups is 1. The molecule has 0 saturated heterocycles. The van der Waals surface area contributed by atoms with Gasteiger partial charge in [-0.3, -0.25) is 4.99 Å². The number of H-pyrrole nitrogens is 1. The fourth-order valence-corrected chi connectivity index (χ4v) is 3.68. The molecule has 1 aliphatic heterocycles. The number of hydrogen-bond acceptors (Lipinski definition) is 2. The normalized spacial score (nSPS) is 16.0. The summed E-state index contributed by atoms with van der Waals surface area (Å²) in [5, 5.41) is 8.30. The van der Waals surface area contributed by atoms with Crippen LogP contribution in [0.25, 0.3) is 10.9 Å². The molecule has 0 bridgehead atoms. The van der Waals surface area contributed by atoms with E-state index in [1.165, 1.54) is 22.0 Å². The van der Waals surface area contributed by atoms with Crippen molar-refractivity contribution < 1.29 is 4.74 Å². The summed E-state index contributed by atoms with van der Waals surface area (Å²) in [6, 6.07) is 16.9. The van der Waals surface area contributed by atoms with Gasteiger partial charge in [0, 0.05) is 42.7 Å². The van der Waals surface area contributed by atoms with Crippen molar-refractivity contribution in [1.29, 1.82) is 0 Å². The van der Waals surface area contributed by atoms with E-state index < -0.39 is 0 Å². The van der Waals surface area contributed by atoms with Crippen molar-refractivity contribution in [2.75, 3.05) is 20.2 Å². The van der Waals surface area contributed by atoms with E-state index >= 15 is 0 Å². The number of aryl methyl sites for hydroxylation is 1. The first-order valence-electron chi connectivity index (χ1n) is 9.59. The first-order valence-corrected chi connectivity index (χ1v) is 9.59. The molecule has 1 unspecified atom stereocenters. The van der Waals surface area contributed by atoms with E-state index in [0.717, 1.165) is 44.1 Å². The summed E-state index contributed by atoms with van der Waals surface area (Å²) in [6.07, 6.45) is 5.14. The molecule has 1 aromatic heterocycles. The van der Waals surface area contributed by atoms with Gasteiger partial charge in [-0.2, -0.15) is 0 Å². The molecule has 0 fully saturated rings. The predicted molar refractivity (Wildman–Crippen MR) is 126 cm³/mol. The first kappa shape index (κ1) is 20.5. The van der Waals surface area contributed by atoms with E-state index in [9.17, 15) is 0 Å². The molecule has 0 spiro atoms. The van der Waals surface area contributed by atoms with E-state index in [1.807, 2.05) is 19.2 Å². The molecule has 6 heteroatoms. The minimum absolute atomic E-state index is 0. The van der Waals surface area contributed by atoms with Crippen LogP contribution in [0.3, 0.4) is 0 Å². The standard InChI is InChI=1S/C22H26N4O.HI/c1-23-22(26-20-12-14-27-21-11-5-3-9-18(20)21)24-13-6-7-16-15-25-19-10-4-2-8-17(16)19;/h2-5,8-11,15,20,25H,6-7,12-14H2,1H3,(H2,23,24,26);1H. The second-order valence-corrected chi connectivity index (χ2v) is 6.83. The molecule has 148 valence electrons. The highest BCUT2D eigenvalue weighted by Crippen LogP contribution is 2.31. The third-order valence-corrected chi connectivity index (χ3v) is 5.08. The van der Waals surface area contributed by atoms with E-state index in [2.05, 4.69) is 63.2 Å². The maximum absolute atomic E-state index is 5.74. The van der Waals surface area contributed by atoms with Crippen LogP contribution in [0.1, 0.15) is 30.0 Å². The van der Waals surface area contributed by atoms with Crippen molar-refractivity contribution in [2.24, 2.45) is 4.99 Å². The van der Waals surface area contributed by atoms with E-state index in [1.54, 1.807) is 0 Å². The van der Waals surface area contributed by atoms with Gasteiger partial charge in [-0.1, -0.05) is 36.4 Å². The number of rotatable bonds is 5. The summed E-state index contributed by atoms with van der Waals surface area (Å²) in [4.78, 5) is 7.73. The van der Waals surface area contributed by atoms with Gasteiger partial charge >= 0.3 is 0 Å². The molecule has 5 nitrogen and oxygen atoms in total. The molecule has 0 radical (unpaired) electrons. The lowest BCUT2D eigenvalue weighted by molar-refractivity contribution is 0.261. The molecular weight excluding hydrogens is 463 g/mol. The van der Waals surface area contributed by atoms with Crippen LogP contribution < -0.4 is 15.4 Å². The Bertz CT molecular complexity index is 937. The lowest BCUT2D eigenvalue weighted by atomic mass is 10.0. The molecule has 3 aromatic rings. The number of ether oxygens (including phenoxy) is 1. The number of guanidine groups is 1. The lowest BCUT2D eigenvalue weighted by Gasteiger charge is -2.28. The predicted octanol–water partition coefficient (Wildman–Crippen LogP) is 4.41. The summed E-state index contributed by atoms with van der Waals surface area (Å²) in [5.74, 6) is 1.81. The Balaban J connectivity index is 0.00000225. The zero-order chi connectivity index (χ0) is 18.5. The highest BCUT2D eigenvalue weighted by atomic mass is 127. The Morgan fingerprint density at radius 2 is 2.00 bits per heavy atom. The van der Waals surface area contributed by atoms with Crippen molar-refractivity contribution in [3.8, 4) is 5.75 Å². The zero-order valence-corrected chi connectivity index (χ0v) is 18.4. The number of aromatic amines is 1. The van der Waals surface area contributed by atoms with Crippen LogP contribution in [-0.4, -0.2) is 31.1 Å². The van der Waals surface area contributed by atoms with Gasteiger partial charge in [0.1, 0.15) is 5.75 Å². The Kier molecular flexibility index (Phi) is 7.19. The Morgan fingerprint density at radius 3 is 2.89 bits per heavy atom. The molecule has 2 aromatic carbocycles. The van der Waals surface area contributed by atoms with Gasteiger partial charge in [0.15, 0.2) is 5.96 Å². The van der Waals surface area contributed by atoms with Crippen LogP contribution in [0.15, 0.2) is 59.7 Å². The second kappa shape index (κ2) is 9.82. The maximum atomic E-state index is 5.74. The van der Waals surface area contributed by atoms with Crippen LogP contribution in [-0.2, 0) is 6.42 Å². The molecule has 0 saturated carbocycles. The van der Waals surface area contributed by atoms with Gasteiger partial charge in [-0.05, 0) is 30.5 Å².